The second-order valence-corrected chi connectivity index (χ2v) is 24.3. The van der Waals surface area contributed by atoms with Crippen molar-refractivity contribution in [2.45, 2.75) is 97.3 Å². The number of fused-ring (bicyclic) bond motifs is 8. The van der Waals surface area contributed by atoms with Gasteiger partial charge < -0.3 is 9.80 Å². The zero-order chi connectivity index (χ0) is 51.3. The summed E-state index contributed by atoms with van der Waals surface area (Å²) in [5.41, 5.74) is 24.2. The SMILES string of the molecule is CC(C)(C)c1ccc(N(C2=CC=C3C=CC=CC3C2)c2ccc3c(c2)C(C)(C)c2cc(C=Cc4ccc5c(c4)C(C)(C)c4cc(N(c6ccc(C(C)(C)C)cc6)c6ccc7ccccc7c6)ccc4-5)ccc2-3)cc1. The molecule has 0 bridgehead atoms. The second kappa shape index (κ2) is 17.5. The molecule has 1 atom stereocenters. The Morgan fingerprint density at radius 3 is 1.42 bits per heavy atom. The maximum atomic E-state index is 2.50. The Labute approximate surface area is 440 Å². The van der Waals surface area contributed by atoms with Gasteiger partial charge in [-0.15, -0.1) is 0 Å². The van der Waals surface area contributed by atoms with E-state index in [1.165, 1.54) is 100 Å². The molecule has 74 heavy (non-hydrogen) atoms. The van der Waals surface area contributed by atoms with Crippen LogP contribution in [0, 0.1) is 5.92 Å². The number of hydrogen-bond acceptors (Lipinski definition) is 2. The van der Waals surface area contributed by atoms with Crippen LogP contribution < -0.4 is 9.80 Å². The average Bonchev–Trinajstić information content (AvgIpc) is 3.77. The molecule has 0 heterocycles. The third kappa shape index (κ3) is 8.20. The Balaban J connectivity index is 0.835. The van der Waals surface area contributed by atoms with Crippen LogP contribution in [-0.4, -0.2) is 0 Å². The van der Waals surface area contributed by atoms with Gasteiger partial charge >= 0.3 is 0 Å². The van der Waals surface area contributed by atoms with Crippen LogP contribution in [0.1, 0.15) is 120 Å². The Hall–Kier alpha value is -7.68. The molecule has 8 aromatic rings. The number of hydrogen-bond donors (Lipinski definition) is 0. The Morgan fingerprint density at radius 2 is 0.878 bits per heavy atom. The van der Waals surface area contributed by atoms with Gasteiger partial charge in [0.1, 0.15) is 0 Å². The summed E-state index contributed by atoms with van der Waals surface area (Å²) in [6.07, 6.45) is 19.2. The molecule has 1 unspecified atom stereocenters. The van der Waals surface area contributed by atoms with Crippen molar-refractivity contribution >= 4 is 51.4 Å². The van der Waals surface area contributed by atoms with Crippen molar-refractivity contribution in [3.8, 4) is 22.3 Å². The molecule has 0 N–H and O–H groups in total. The topological polar surface area (TPSA) is 6.48 Å². The normalized spacial score (nSPS) is 16.8. The fourth-order valence-electron chi connectivity index (χ4n) is 12.2. The molecule has 4 aliphatic rings. The van der Waals surface area contributed by atoms with Gasteiger partial charge in [-0.2, -0.15) is 0 Å². The molecular weight excluding hydrogens is 893 g/mol. The van der Waals surface area contributed by atoms with Crippen molar-refractivity contribution in [3.63, 3.8) is 0 Å². The number of rotatable bonds is 8. The van der Waals surface area contributed by atoms with E-state index in [2.05, 4.69) is 291 Å². The van der Waals surface area contributed by atoms with Gasteiger partial charge in [-0.05, 0) is 167 Å². The monoisotopic (exact) mass is 961 g/mol. The molecular formula is C72H68N2. The number of benzene rings is 8. The first-order chi connectivity index (χ1) is 35.4. The lowest BCUT2D eigenvalue weighted by molar-refractivity contribution is 0.590. The lowest BCUT2D eigenvalue weighted by Gasteiger charge is -2.34. The first-order valence-electron chi connectivity index (χ1n) is 26.7. The highest BCUT2D eigenvalue weighted by molar-refractivity contribution is 5.92. The van der Waals surface area contributed by atoms with Gasteiger partial charge in [0.2, 0.25) is 0 Å². The third-order valence-electron chi connectivity index (χ3n) is 16.7. The number of anilines is 5. The maximum absolute atomic E-state index is 2.50. The van der Waals surface area contributed by atoms with E-state index >= 15 is 0 Å². The summed E-state index contributed by atoms with van der Waals surface area (Å²) in [5, 5.41) is 2.48. The minimum Gasteiger partial charge on any atom is -0.314 e. The minimum absolute atomic E-state index is 0.0743. The average molecular weight is 961 g/mol. The molecule has 12 rings (SSSR count). The smallest absolute Gasteiger partial charge is 0.0468 e. The summed E-state index contributed by atoms with van der Waals surface area (Å²) >= 11 is 0. The van der Waals surface area contributed by atoms with Crippen LogP contribution in [0.15, 0.2) is 212 Å². The van der Waals surface area contributed by atoms with Crippen LogP contribution in [0.4, 0.5) is 28.4 Å². The molecule has 0 saturated carbocycles. The van der Waals surface area contributed by atoms with Gasteiger partial charge in [0, 0.05) is 50.9 Å². The van der Waals surface area contributed by atoms with Crippen LogP contribution in [0.2, 0.25) is 0 Å². The van der Waals surface area contributed by atoms with Gasteiger partial charge in [0.15, 0.2) is 0 Å². The second-order valence-electron chi connectivity index (χ2n) is 24.3. The van der Waals surface area contributed by atoms with Crippen molar-refractivity contribution in [2.24, 2.45) is 5.92 Å². The predicted octanol–water partition coefficient (Wildman–Crippen LogP) is 19.8. The molecule has 8 aromatic carbocycles. The Bertz CT molecular complexity index is 3700. The highest BCUT2D eigenvalue weighted by atomic mass is 15.2. The number of nitrogens with zero attached hydrogens (tertiary/aromatic N) is 2. The molecule has 0 aliphatic heterocycles. The van der Waals surface area contributed by atoms with E-state index in [1.807, 2.05) is 0 Å². The fraction of sp³-hybridized carbons (Fsp3) is 0.222. The molecule has 0 aromatic heterocycles. The molecule has 0 saturated heterocycles. The largest absolute Gasteiger partial charge is 0.314 e. The van der Waals surface area contributed by atoms with Crippen LogP contribution in [0.3, 0.4) is 0 Å². The van der Waals surface area contributed by atoms with Gasteiger partial charge in [0.05, 0.1) is 0 Å². The summed E-state index contributed by atoms with van der Waals surface area (Å²) in [7, 11) is 0. The van der Waals surface area contributed by atoms with Crippen molar-refractivity contribution < 1.29 is 0 Å². The van der Waals surface area contributed by atoms with E-state index in [0.29, 0.717) is 5.92 Å². The van der Waals surface area contributed by atoms with E-state index in [1.54, 1.807) is 0 Å². The minimum atomic E-state index is -0.194. The molecule has 0 fully saturated rings. The van der Waals surface area contributed by atoms with Crippen LogP contribution in [0.5, 0.6) is 0 Å². The molecule has 4 aliphatic carbocycles. The summed E-state index contributed by atoms with van der Waals surface area (Å²) < 4.78 is 0. The standard InChI is InChI=1S/C72H68N2/c1-69(2,3)53-25-31-55(32-26-53)73(57-29-23-49-15-11-13-17-51(49)43-57)59-35-39-63-61-37-21-47(41-65(61)71(7,8)67(63)45-59)19-20-48-22-38-62-64-40-36-60(46-68(64)72(9,10)66(62)42-48)74(56-33-27-54(28-34-56)70(4,5)6)58-30-24-50-16-12-14-18-52(50)44-58/h11-43,45-46,52H,44H2,1-10H3. The van der Waals surface area contributed by atoms with Gasteiger partial charge in [-0.25, -0.2) is 0 Å². The summed E-state index contributed by atoms with van der Waals surface area (Å²) in [6.45, 7) is 23.3. The predicted molar refractivity (Wildman–Crippen MR) is 318 cm³/mol. The van der Waals surface area contributed by atoms with Crippen LogP contribution in [0.25, 0.3) is 45.2 Å². The molecule has 2 heteroatoms. The maximum Gasteiger partial charge on any atom is 0.0468 e. The first-order valence-corrected chi connectivity index (χ1v) is 26.7. The summed E-state index contributed by atoms with van der Waals surface area (Å²) in [6, 6.07) is 62.3. The highest BCUT2D eigenvalue weighted by Gasteiger charge is 2.38. The molecule has 0 amide bonds. The van der Waals surface area contributed by atoms with E-state index in [4.69, 9.17) is 0 Å². The zero-order valence-corrected chi connectivity index (χ0v) is 44.9. The van der Waals surface area contributed by atoms with Crippen molar-refractivity contribution in [1.29, 1.82) is 0 Å². The van der Waals surface area contributed by atoms with Gasteiger partial charge in [-0.3, -0.25) is 0 Å². The summed E-state index contributed by atoms with van der Waals surface area (Å²) in [5.74, 6) is 0.382. The lowest BCUT2D eigenvalue weighted by Crippen LogP contribution is -2.22. The van der Waals surface area contributed by atoms with Crippen LogP contribution >= 0.6 is 0 Å². The molecule has 0 spiro atoms. The molecule has 2 nitrogen and oxygen atoms in total. The lowest BCUT2D eigenvalue weighted by atomic mass is 9.81. The van der Waals surface area contributed by atoms with Crippen LogP contribution in [-0.2, 0) is 21.7 Å². The molecule has 366 valence electrons. The Morgan fingerprint density at radius 1 is 0.432 bits per heavy atom. The molecule has 0 radical (unpaired) electrons. The third-order valence-corrected chi connectivity index (χ3v) is 16.7. The van der Waals surface area contributed by atoms with Crippen molar-refractivity contribution in [1.82, 2.24) is 0 Å². The highest BCUT2D eigenvalue weighted by Crippen LogP contribution is 2.53. The Kier molecular flexibility index (Phi) is 11.2. The van der Waals surface area contributed by atoms with Gasteiger partial charge in [0.25, 0.3) is 0 Å². The quantitative estimate of drug-likeness (QED) is 0.140. The van der Waals surface area contributed by atoms with Crippen molar-refractivity contribution in [2.75, 3.05) is 9.80 Å². The van der Waals surface area contributed by atoms with E-state index in [-0.39, 0.29) is 21.7 Å². The van der Waals surface area contributed by atoms with Crippen molar-refractivity contribution in [3.05, 3.63) is 256 Å². The zero-order valence-electron chi connectivity index (χ0n) is 44.9. The first kappa shape index (κ1) is 47.3. The fourth-order valence-corrected chi connectivity index (χ4v) is 12.2. The van der Waals surface area contributed by atoms with E-state index < -0.39 is 0 Å². The van der Waals surface area contributed by atoms with E-state index in [9.17, 15) is 0 Å². The summed E-state index contributed by atoms with van der Waals surface area (Å²) in [4.78, 5) is 4.93. The van der Waals surface area contributed by atoms with Gasteiger partial charge in [-0.1, -0.05) is 215 Å². The number of allylic oxidation sites excluding steroid dienone is 8. The van der Waals surface area contributed by atoms with E-state index in [0.717, 1.165) is 23.5 Å².